The predicted octanol–water partition coefficient (Wildman–Crippen LogP) is 2.35. The lowest BCUT2D eigenvalue weighted by molar-refractivity contribution is 0.111. The molecule has 2 saturated carbocycles. The molecule has 0 aromatic heterocycles. The van der Waals surface area contributed by atoms with Crippen molar-refractivity contribution in [3.63, 3.8) is 0 Å². The lowest BCUT2D eigenvalue weighted by Gasteiger charge is -2.44. The Hall–Kier alpha value is -1.78. The summed E-state index contributed by atoms with van der Waals surface area (Å²) in [6.07, 6.45) is 6.33. The van der Waals surface area contributed by atoms with Gasteiger partial charge in [0.25, 0.3) is 0 Å². The molecule has 1 heterocycles. The van der Waals surface area contributed by atoms with Crippen LogP contribution in [0.5, 0.6) is 0 Å². The lowest BCUT2D eigenvalue weighted by Crippen LogP contribution is -2.40. The van der Waals surface area contributed by atoms with Crippen LogP contribution in [-0.2, 0) is 0 Å². The van der Waals surface area contributed by atoms with Crippen LogP contribution in [0.25, 0.3) is 0 Å². The molecule has 6 unspecified atom stereocenters. The highest BCUT2D eigenvalue weighted by molar-refractivity contribution is 5.48. The lowest BCUT2D eigenvalue weighted by atomic mass is 9.69. The van der Waals surface area contributed by atoms with Crippen molar-refractivity contribution in [3.8, 4) is 0 Å². The Balaban J connectivity index is 1.48. The van der Waals surface area contributed by atoms with E-state index < -0.39 is 0 Å². The summed E-state index contributed by atoms with van der Waals surface area (Å²) in [6.45, 7) is 0.0553. The minimum absolute atomic E-state index is 0.0277. The third-order valence-electron chi connectivity index (χ3n) is 7.43. The van der Waals surface area contributed by atoms with E-state index in [4.69, 9.17) is 0 Å². The summed E-state index contributed by atoms with van der Waals surface area (Å²) in [5.41, 5.74) is 5.73. The molecule has 1 aliphatic heterocycles. The summed E-state index contributed by atoms with van der Waals surface area (Å²) in [7, 11) is 0. The molecule has 4 bridgehead atoms. The fraction of sp³-hybridized carbons (Fsp3) is 0.500. The third-order valence-corrected chi connectivity index (χ3v) is 7.43. The van der Waals surface area contributed by atoms with Gasteiger partial charge < -0.3 is 20.0 Å². The molecule has 0 amide bonds. The average molecular weight is 322 g/mol. The van der Waals surface area contributed by atoms with E-state index in [1.807, 2.05) is 22.2 Å². The zero-order valence-corrected chi connectivity index (χ0v) is 13.5. The maximum absolute atomic E-state index is 9.81. The van der Waals surface area contributed by atoms with Crippen molar-refractivity contribution in [3.05, 3.63) is 59.2 Å². The van der Waals surface area contributed by atoms with E-state index in [1.165, 1.54) is 24.2 Å². The minimum Gasteiger partial charge on any atom is -0.376 e. The first-order chi connectivity index (χ1) is 11.8. The molecule has 124 valence electrons. The van der Waals surface area contributed by atoms with Gasteiger partial charge in [0.05, 0.1) is 0 Å². The van der Waals surface area contributed by atoms with E-state index in [0.29, 0.717) is 23.7 Å². The zero-order valence-electron chi connectivity index (χ0n) is 13.5. The summed E-state index contributed by atoms with van der Waals surface area (Å²) < 4.78 is 0. The molecular formula is C20H22N2O2. The number of rotatable bonds is 2. The monoisotopic (exact) mass is 322 g/mol. The van der Waals surface area contributed by atoms with Gasteiger partial charge in [0.15, 0.2) is 0 Å². The van der Waals surface area contributed by atoms with Crippen LogP contribution < -0.4 is 0 Å². The third kappa shape index (κ3) is 1.36. The molecule has 1 aromatic carbocycles. The van der Waals surface area contributed by atoms with Gasteiger partial charge in [0.2, 0.25) is 0 Å². The first-order valence-electron chi connectivity index (χ1n) is 9.09. The number of allylic oxidation sites excluding steroid dienone is 2. The first-order valence-corrected chi connectivity index (χ1v) is 9.09. The average Bonchev–Trinajstić information content (AvgIpc) is 3.37. The van der Waals surface area contributed by atoms with Crippen LogP contribution in [0.15, 0.2) is 48.1 Å². The molecule has 4 heteroatoms. The molecule has 4 nitrogen and oxygen atoms in total. The molecule has 2 fully saturated rings. The van der Waals surface area contributed by atoms with Crippen LogP contribution in [0.4, 0.5) is 0 Å². The number of hydrogen-bond acceptors (Lipinski definition) is 4. The highest BCUT2D eigenvalue weighted by atomic mass is 16.3. The minimum atomic E-state index is 0.0277. The molecule has 5 aliphatic rings. The number of benzene rings is 1. The number of aliphatic hydroxyl groups is 2. The summed E-state index contributed by atoms with van der Waals surface area (Å²) in [4.78, 5) is 4.00. The van der Waals surface area contributed by atoms with Crippen molar-refractivity contribution in [2.45, 2.75) is 24.7 Å². The standard InChI is InChI=1S/C20H22N2O2/c23-9-21-5-6-22(10-24)20-16-8-15(19(20)21)17-13-7-14(18(16)17)12-4-2-1-3-11(12)13/h1-6,13-18,23-24H,7-10H2. The second kappa shape index (κ2) is 4.44. The quantitative estimate of drug-likeness (QED) is 0.821. The first kappa shape index (κ1) is 13.5. The maximum atomic E-state index is 9.81. The van der Waals surface area contributed by atoms with Gasteiger partial charge in [-0.3, -0.25) is 0 Å². The number of aliphatic hydroxyl groups excluding tert-OH is 2. The Morgan fingerprint density at radius 3 is 1.67 bits per heavy atom. The second-order valence-corrected chi connectivity index (χ2v) is 7.97. The summed E-state index contributed by atoms with van der Waals surface area (Å²) >= 11 is 0. The van der Waals surface area contributed by atoms with E-state index in [1.54, 1.807) is 11.1 Å². The van der Waals surface area contributed by atoms with Crippen LogP contribution in [0.2, 0.25) is 0 Å². The van der Waals surface area contributed by atoms with Gasteiger partial charge in [-0.15, -0.1) is 0 Å². The smallest absolute Gasteiger partial charge is 0.119 e. The fourth-order valence-corrected chi connectivity index (χ4v) is 6.92. The van der Waals surface area contributed by atoms with Gasteiger partial charge in [0, 0.05) is 35.6 Å². The molecule has 24 heavy (non-hydrogen) atoms. The molecule has 4 aliphatic carbocycles. The highest BCUT2D eigenvalue weighted by Crippen LogP contribution is 2.73. The molecule has 6 atom stereocenters. The van der Waals surface area contributed by atoms with Gasteiger partial charge in [0.1, 0.15) is 13.5 Å². The van der Waals surface area contributed by atoms with Crippen LogP contribution in [0.1, 0.15) is 35.8 Å². The number of nitrogens with zero attached hydrogens (tertiary/aromatic N) is 2. The number of fused-ring (bicyclic) bond motifs is 14. The van der Waals surface area contributed by atoms with Crippen molar-refractivity contribution < 1.29 is 10.2 Å². The number of hydrogen-bond donors (Lipinski definition) is 2. The largest absolute Gasteiger partial charge is 0.376 e. The van der Waals surface area contributed by atoms with Gasteiger partial charge in [-0.2, -0.15) is 0 Å². The Bertz CT molecular complexity index is 725. The van der Waals surface area contributed by atoms with Crippen LogP contribution in [0.3, 0.4) is 0 Å². The van der Waals surface area contributed by atoms with E-state index in [-0.39, 0.29) is 13.5 Å². The summed E-state index contributed by atoms with van der Waals surface area (Å²) in [6, 6.07) is 9.04. The molecule has 1 aromatic rings. The predicted molar refractivity (Wildman–Crippen MR) is 89.1 cm³/mol. The highest BCUT2D eigenvalue weighted by Gasteiger charge is 2.65. The summed E-state index contributed by atoms with van der Waals surface area (Å²) in [5, 5.41) is 19.6. The van der Waals surface area contributed by atoms with Crippen LogP contribution >= 0.6 is 0 Å². The normalized spacial score (nSPS) is 40.4. The van der Waals surface area contributed by atoms with Crippen molar-refractivity contribution in [1.82, 2.24) is 9.80 Å². The van der Waals surface area contributed by atoms with Crippen LogP contribution in [-0.4, -0.2) is 33.5 Å². The fourth-order valence-electron chi connectivity index (χ4n) is 6.92. The molecule has 6 rings (SSSR count). The Labute approximate surface area is 141 Å². The SMILES string of the molecule is OCN1C=CN(CO)C2=C1C1CC2C2C3CC(c4ccccc43)C12. The molecule has 0 spiro atoms. The van der Waals surface area contributed by atoms with Crippen molar-refractivity contribution in [2.24, 2.45) is 23.7 Å². The maximum Gasteiger partial charge on any atom is 0.119 e. The van der Waals surface area contributed by atoms with Gasteiger partial charge in [-0.25, -0.2) is 0 Å². The van der Waals surface area contributed by atoms with E-state index >= 15 is 0 Å². The molecular weight excluding hydrogens is 300 g/mol. The Morgan fingerprint density at radius 2 is 1.21 bits per heavy atom. The zero-order chi connectivity index (χ0) is 16.0. The van der Waals surface area contributed by atoms with Crippen molar-refractivity contribution in [2.75, 3.05) is 13.5 Å². The van der Waals surface area contributed by atoms with Gasteiger partial charge in [-0.1, -0.05) is 24.3 Å². The Morgan fingerprint density at radius 1 is 0.750 bits per heavy atom. The topological polar surface area (TPSA) is 46.9 Å². The van der Waals surface area contributed by atoms with Crippen LogP contribution in [0, 0.1) is 23.7 Å². The molecule has 0 saturated heterocycles. The van der Waals surface area contributed by atoms with Crippen molar-refractivity contribution >= 4 is 0 Å². The van der Waals surface area contributed by atoms with Gasteiger partial charge in [-0.05, 0) is 47.6 Å². The van der Waals surface area contributed by atoms with E-state index in [9.17, 15) is 10.2 Å². The van der Waals surface area contributed by atoms with E-state index in [0.717, 1.165) is 11.8 Å². The molecule has 0 radical (unpaired) electrons. The van der Waals surface area contributed by atoms with Crippen molar-refractivity contribution in [1.29, 1.82) is 0 Å². The Kier molecular flexibility index (Phi) is 2.50. The van der Waals surface area contributed by atoms with E-state index in [2.05, 4.69) is 24.3 Å². The molecule has 2 N–H and O–H groups in total. The summed E-state index contributed by atoms with van der Waals surface area (Å²) in [5.74, 6) is 3.88. The van der Waals surface area contributed by atoms with Gasteiger partial charge >= 0.3 is 0 Å². The second-order valence-electron chi connectivity index (χ2n) is 7.97.